The second-order valence-corrected chi connectivity index (χ2v) is 10.3. The molecule has 0 aliphatic carbocycles. The molecule has 1 aliphatic heterocycles. The molecule has 1 aliphatic rings. The predicted octanol–water partition coefficient (Wildman–Crippen LogP) is 2.09. The van der Waals surface area contributed by atoms with Crippen LogP contribution in [0, 0.1) is 0 Å². The van der Waals surface area contributed by atoms with E-state index in [2.05, 4.69) is 10.6 Å². The molecule has 9 heteroatoms. The topological polar surface area (TPSA) is 142 Å². The van der Waals surface area contributed by atoms with Gasteiger partial charge >= 0.3 is 5.97 Å². The zero-order valence-electron chi connectivity index (χ0n) is 22.8. The summed E-state index contributed by atoms with van der Waals surface area (Å²) in [7, 11) is 0. The van der Waals surface area contributed by atoms with E-state index in [0.717, 1.165) is 16.7 Å². The van der Waals surface area contributed by atoms with Gasteiger partial charge in [-0.3, -0.25) is 14.4 Å². The number of carbonyl (C=O) groups excluding carboxylic acids is 3. The van der Waals surface area contributed by atoms with E-state index >= 15 is 0 Å². The lowest BCUT2D eigenvalue weighted by molar-refractivity contribution is -0.143. The molecule has 1 fully saturated rings. The molecule has 4 rings (SSSR count). The van der Waals surface area contributed by atoms with E-state index in [1.807, 2.05) is 66.7 Å². The Morgan fingerprint density at radius 1 is 0.756 bits per heavy atom. The highest BCUT2D eigenvalue weighted by atomic mass is 16.4. The highest BCUT2D eigenvalue weighted by Crippen LogP contribution is 2.20. The third kappa shape index (κ3) is 8.25. The average molecular weight is 557 g/mol. The molecule has 0 radical (unpaired) electrons. The molecule has 0 spiro atoms. The van der Waals surface area contributed by atoms with Crippen molar-refractivity contribution in [2.24, 2.45) is 5.73 Å². The Hall–Kier alpha value is -4.50. The first kappa shape index (κ1) is 29.5. The quantitative estimate of drug-likeness (QED) is 0.269. The second-order valence-electron chi connectivity index (χ2n) is 10.3. The molecule has 1 saturated heterocycles. The van der Waals surface area contributed by atoms with Crippen molar-refractivity contribution in [3.8, 4) is 0 Å². The largest absolute Gasteiger partial charge is 0.480 e. The maximum absolute atomic E-state index is 13.5. The number of hydrogen-bond acceptors (Lipinski definition) is 5. The summed E-state index contributed by atoms with van der Waals surface area (Å²) >= 11 is 0. The number of nitrogens with two attached hydrogens (primary N) is 1. The van der Waals surface area contributed by atoms with Gasteiger partial charge in [-0.1, -0.05) is 91.0 Å². The maximum Gasteiger partial charge on any atom is 0.326 e. The van der Waals surface area contributed by atoms with E-state index in [4.69, 9.17) is 5.73 Å². The van der Waals surface area contributed by atoms with Crippen molar-refractivity contribution >= 4 is 23.7 Å². The smallest absolute Gasteiger partial charge is 0.326 e. The maximum atomic E-state index is 13.5. The Bertz CT molecular complexity index is 1320. The summed E-state index contributed by atoms with van der Waals surface area (Å²) in [4.78, 5) is 53.7. The lowest BCUT2D eigenvalue weighted by atomic mass is 10.0. The fourth-order valence-corrected chi connectivity index (χ4v) is 5.12. The van der Waals surface area contributed by atoms with Crippen LogP contribution >= 0.6 is 0 Å². The third-order valence-electron chi connectivity index (χ3n) is 7.27. The Morgan fingerprint density at radius 2 is 1.24 bits per heavy atom. The number of nitrogens with one attached hydrogen (secondary N) is 2. The number of aliphatic carboxylic acids is 1. The van der Waals surface area contributed by atoms with Gasteiger partial charge in [0.1, 0.15) is 18.1 Å². The van der Waals surface area contributed by atoms with Crippen LogP contribution in [0.5, 0.6) is 0 Å². The molecule has 3 aromatic rings. The molecule has 3 amide bonds. The Morgan fingerprint density at radius 3 is 1.76 bits per heavy atom. The first-order chi connectivity index (χ1) is 19.8. The van der Waals surface area contributed by atoms with Crippen LogP contribution < -0.4 is 16.4 Å². The van der Waals surface area contributed by atoms with Gasteiger partial charge in [0.15, 0.2) is 0 Å². The van der Waals surface area contributed by atoms with Gasteiger partial charge in [-0.05, 0) is 36.0 Å². The molecule has 0 aromatic heterocycles. The minimum Gasteiger partial charge on any atom is -0.480 e. The van der Waals surface area contributed by atoms with Crippen LogP contribution in [0.3, 0.4) is 0 Å². The third-order valence-corrected chi connectivity index (χ3v) is 7.27. The molecule has 41 heavy (non-hydrogen) atoms. The van der Waals surface area contributed by atoms with Gasteiger partial charge in [-0.15, -0.1) is 0 Å². The van der Waals surface area contributed by atoms with E-state index in [0.29, 0.717) is 25.8 Å². The van der Waals surface area contributed by atoms with Gasteiger partial charge in [0.25, 0.3) is 0 Å². The van der Waals surface area contributed by atoms with Gasteiger partial charge in [0, 0.05) is 19.4 Å². The van der Waals surface area contributed by atoms with Crippen LogP contribution in [-0.2, 0) is 38.4 Å². The predicted molar refractivity (Wildman–Crippen MR) is 155 cm³/mol. The van der Waals surface area contributed by atoms with Crippen molar-refractivity contribution in [2.75, 3.05) is 6.54 Å². The second kappa shape index (κ2) is 14.2. The van der Waals surface area contributed by atoms with Crippen molar-refractivity contribution in [3.05, 3.63) is 108 Å². The summed E-state index contributed by atoms with van der Waals surface area (Å²) in [5.74, 6) is -2.56. The lowest BCUT2D eigenvalue weighted by Gasteiger charge is -2.29. The lowest BCUT2D eigenvalue weighted by Crippen LogP contribution is -2.57. The molecule has 0 bridgehead atoms. The molecule has 214 valence electrons. The zero-order valence-corrected chi connectivity index (χ0v) is 22.8. The number of likely N-dealkylation sites (tertiary alicyclic amines) is 1. The molecular formula is C32H36N4O5. The van der Waals surface area contributed by atoms with Crippen LogP contribution in [0.25, 0.3) is 0 Å². The molecular weight excluding hydrogens is 520 g/mol. The number of rotatable bonds is 12. The van der Waals surface area contributed by atoms with Crippen molar-refractivity contribution in [1.29, 1.82) is 0 Å². The van der Waals surface area contributed by atoms with Gasteiger partial charge in [0.2, 0.25) is 17.7 Å². The first-order valence-corrected chi connectivity index (χ1v) is 13.8. The summed E-state index contributed by atoms with van der Waals surface area (Å²) in [6.07, 6.45) is 1.68. The van der Waals surface area contributed by atoms with E-state index in [1.165, 1.54) is 4.90 Å². The molecule has 1 heterocycles. The van der Waals surface area contributed by atoms with Crippen LogP contribution in [0.15, 0.2) is 91.0 Å². The molecule has 0 saturated carbocycles. The number of carboxylic acids is 1. The van der Waals surface area contributed by atoms with Gasteiger partial charge in [-0.25, -0.2) is 4.79 Å². The molecule has 0 unspecified atom stereocenters. The van der Waals surface area contributed by atoms with Crippen LogP contribution in [-0.4, -0.2) is 64.4 Å². The van der Waals surface area contributed by atoms with Crippen LogP contribution in [0.4, 0.5) is 0 Å². The number of amides is 3. The summed E-state index contributed by atoms with van der Waals surface area (Å²) in [6, 6.07) is 23.8. The van der Waals surface area contributed by atoms with E-state index in [1.54, 1.807) is 24.3 Å². The SMILES string of the molecule is N[C@@H](Cc1ccccc1)C(=O)N1CCC[C@@H]1C(=O)N[C@@H](Cc1ccccc1)C(=O)N[C@H](Cc1ccccc1)C(=O)O. The van der Waals surface area contributed by atoms with Gasteiger partial charge < -0.3 is 26.4 Å². The Labute approximate surface area is 239 Å². The van der Waals surface area contributed by atoms with Gasteiger partial charge in [0.05, 0.1) is 6.04 Å². The zero-order chi connectivity index (χ0) is 29.2. The van der Waals surface area contributed by atoms with Gasteiger partial charge in [-0.2, -0.15) is 0 Å². The van der Waals surface area contributed by atoms with Crippen molar-refractivity contribution in [1.82, 2.24) is 15.5 Å². The molecule has 9 nitrogen and oxygen atoms in total. The fourth-order valence-electron chi connectivity index (χ4n) is 5.12. The van der Waals surface area contributed by atoms with E-state index in [-0.39, 0.29) is 18.7 Å². The van der Waals surface area contributed by atoms with Crippen molar-refractivity contribution in [3.63, 3.8) is 0 Å². The summed E-state index contributed by atoms with van der Waals surface area (Å²) in [5.41, 5.74) is 8.73. The monoisotopic (exact) mass is 556 g/mol. The highest BCUT2D eigenvalue weighted by Gasteiger charge is 2.38. The molecule has 3 aromatic carbocycles. The van der Waals surface area contributed by atoms with Crippen molar-refractivity contribution < 1.29 is 24.3 Å². The van der Waals surface area contributed by atoms with Crippen LogP contribution in [0.1, 0.15) is 29.5 Å². The minimum absolute atomic E-state index is 0.0954. The summed E-state index contributed by atoms with van der Waals surface area (Å²) in [5, 5.41) is 15.2. The summed E-state index contributed by atoms with van der Waals surface area (Å²) < 4.78 is 0. The van der Waals surface area contributed by atoms with E-state index in [9.17, 15) is 24.3 Å². The van der Waals surface area contributed by atoms with Crippen LogP contribution in [0.2, 0.25) is 0 Å². The Balaban J connectivity index is 1.47. The highest BCUT2D eigenvalue weighted by molar-refractivity contribution is 5.94. The fraction of sp³-hybridized carbons (Fsp3) is 0.312. The normalized spacial score (nSPS) is 16.8. The molecule has 5 N–H and O–H groups in total. The standard InChI is InChI=1S/C32H36N4O5/c33-25(19-22-11-4-1-5-12-22)31(39)36-18-10-17-28(36)30(38)34-26(20-23-13-6-2-7-14-23)29(37)35-27(32(40)41)21-24-15-8-3-9-16-24/h1-9,11-16,25-28H,10,17-21,33H2,(H,34,38)(H,35,37)(H,40,41)/t25-,26-,27+,28+/m0/s1. The number of hydrogen-bond donors (Lipinski definition) is 4. The van der Waals surface area contributed by atoms with Crippen molar-refractivity contribution in [2.45, 2.75) is 56.3 Å². The number of carbonyl (C=O) groups is 4. The number of nitrogens with zero attached hydrogens (tertiary/aromatic N) is 1. The number of carboxylic acid groups (broad SMARTS) is 1. The number of benzene rings is 3. The minimum atomic E-state index is -1.18. The first-order valence-electron chi connectivity index (χ1n) is 13.8. The summed E-state index contributed by atoms with van der Waals surface area (Å²) in [6.45, 7) is 0.396. The molecule has 4 atom stereocenters. The van der Waals surface area contributed by atoms with E-state index < -0.39 is 42.0 Å². The Kier molecular flexibility index (Phi) is 10.2. The average Bonchev–Trinajstić information content (AvgIpc) is 3.48.